The number of rotatable bonds is 4. The second-order valence-corrected chi connectivity index (χ2v) is 12.1. The molecule has 3 aliphatic heterocycles. The van der Waals surface area contributed by atoms with Gasteiger partial charge in [-0.15, -0.1) is 0 Å². The Hall–Kier alpha value is -3.15. The third-order valence-corrected chi connectivity index (χ3v) is 10.7. The molecule has 5 heteroatoms. The van der Waals surface area contributed by atoms with Gasteiger partial charge in [-0.1, -0.05) is 54.6 Å². The van der Waals surface area contributed by atoms with Gasteiger partial charge in [0.2, 0.25) is 0 Å². The molecular weight excluding hydrogens is 472 g/mol. The number of hydrogen-bond acceptors (Lipinski definition) is 4. The van der Waals surface area contributed by atoms with E-state index >= 15 is 0 Å². The van der Waals surface area contributed by atoms with Crippen LogP contribution in [0.2, 0.25) is 0 Å². The number of nitrogens with zero attached hydrogens (tertiary/aromatic N) is 2. The molecule has 5 aliphatic rings. The number of carbonyl (C=O) groups is 1. The summed E-state index contributed by atoms with van der Waals surface area (Å²) in [4.78, 5) is 18.5. The van der Waals surface area contributed by atoms with Crippen LogP contribution >= 0.6 is 0 Å². The lowest BCUT2D eigenvalue weighted by atomic mass is 9.46. The highest BCUT2D eigenvalue weighted by molar-refractivity contribution is 5.94. The van der Waals surface area contributed by atoms with Crippen molar-refractivity contribution in [1.29, 1.82) is 0 Å². The van der Waals surface area contributed by atoms with Gasteiger partial charge in [0.15, 0.2) is 0 Å². The lowest BCUT2D eigenvalue weighted by Gasteiger charge is -2.64. The first-order valence-corrected chi connectivity index (χ1v) is 14.2. The van der Waals surface area contributed by atoms with Crippen molar-refractivity contribution in [2.24, 2.45) is 5.92 Å². The Bertz CT molecular complexity index is 1390. The molecule has 8 rings (SSSR count). The molecule has 1 amide bonds. The van der Waals surface area contributed by atoms with Crippen LogP contribution in [-0.2, 0) is 23.0 Å². The van der Waals surface area contributed by atoms with Crippen molar-refractivity contribution in [2.45, 2.75) is 61.3 Å². The summed E-state index contributed by atoms with van der Waals surface area (Å²) in [7, 11) is 0. The standard InChI is InChI=1S/C33H34N2O3/c36-25-12-11-24-19-29-33-15-13-27-30(28(38-33)21-35(27)31(37)23-9-5-2-6-10-23)32(33,26(24)20-25)16-18-34(29)17-14-22-7-3-1-4-8-22/h1-12,20,27-30,36H,13-19,21H2/t27-,28-,29-,30+,32+,33-/m1/s1. The van der Waals surface area contributed by atoms with Crippen molar-refractivity contribution in [2.75, 3.05) is 19.6 Å². The van der Waals surface area contributed by atoms with Crippen LogP contribution in [0, 0.1) is 5.92 Å². The normalized spacial score (nSPS) is 34.6. The van der Waals surface area contributed by atoms with Crippen molar-refractivity contribution in [3.8, 4) is 5.75 Å². The highest BCUT2D eigenvalue weighted by Crippen LogP contribution is 2.69. The van der Waals surface area contributed by atoms with Crippen molar-refractivity contribution < 1.29 is 14.6 Å². The smallest absolute Gasteiger partial charge is 0.254 e. The van der Waals surface area contributed by atoms with Crippen LogP contribution in [0.15, 0.2) is 78.9 Å². The summed E-state index contributed by atoms with van der Waals surface area (Å²) < 4.78 is 7.30. The molecule has 3 aromatic rings. The van der Waals surface area contributed by atoms with E-state index in [0.29, 0.717) is 18.3 Å². The van der Waals surface area contributed by atoms with Gasteiger partial charge in [0.05, 0.1) is 11.7 Å². The molecule has 0 spiro atoms. The van der Waals surface area contributed by atoms with E-state index in [1.54, 1.807) is 0 Å². The van der Waals surface area contributed by atoms with Crippen molar-refractivity contribution in [3.05, 3.63) is 101 Å². The number of phenols is 1. The number of phenolic OH excluding ortho intramolecular Hbond substituents is 1. The van der Waals surface area contributed by atoms with Crippen LogP contribution < -0.4 is 0 Å². The lowest BCUT2D eigenvalue weighted by molar-refractivity contribution is -0.170. The molecule has 1 saturated carbocycles. The van der Waals surface area contributed by atoms with Crippen LogP contribution in [0.3, 0.4) is 0 Å². The fourth-order valence-electron chi connectivity index (χ4n) is 9.34. The van der Waals surface area contributed by atoms with Crippen molar-refractivity contribution in [1.82, 2.24) is 9.80 Å². The minimum absolute atomic E-state index is 0.0417. The van der Waals surface area contributed by atoms with Crippen LogP contribution in [-0.4, -0.2) is 64.2 Å². The molecule has 0 aromatic heterocycles. The van der Waals surface area contributed by atoms with E-state index in [2.05, 4.69) is 46.2 Å². The molecule has 4 bridgehead atoms. The number of piperidine rings is 1. The zero-order valence-corrected chi connectivity index (χ0v) is 21.6. The van der Waals surface area contributed by atoms with Gasteiger partial charge in [-0.3, -0.25) is 9.69 Å². The third kappa shape index (κ3) is 2.92. The average molecular weight is 507 g/mol. The molecule has 4 fully saturated rings. The van der Waals surface area contributed by atoms with Gasteiger partial charge in [0.1, 0.15) is 5.75 Å². The van der Waals surface area contributed by atoms with E-state index in [1.165, 1.54) is 16.7 Å². The number of benzene rings is 3. The van der Waals surface area contributed by atoms with Gasteiger partial charge in [-0.25, -0.2) is 0 Å². The maximum absolute atomic E-state index is 13.7. The van der Waals surface area contributed by atoms with Crippen LogP contribution in [0.4, 0.5) is 0 Å². The Morgan fingerprint density at radius 3 is 2.61 bits per heavy atom. The predicted molar refractivity (Wildman–Crippen MR) is 145 cm³/mol. The molecule has 194 valence electrons. The predicted octanol–water partition coefficient (Wildman–Crippen LogP) is 4.58. The Labute approximate surface area is 224 Å². The molecule has 2 aliphatic carbocycles. The van der Waals surface area contributed by atoms with Crippen molar-refractivity contribution in [3.63, 3.8) is 0 Å². The van der Waals surface area contributed by atoms with Crippen LogP contribution in [0.25, 0.3) is 0 Å². The average Bonchev–Trinajstić information content (AvgIpc) is 3.40. The Morgan fingerprint density at radius 1 is 1.00 bits per heavy atom. The molecule has 0 unspecified atom stereocenters. The van der Waals surface area contributed by atoms with Crippen LogP contribution in [0.5, 0.6) is 5.75 Å². The summed E-state index contributed by atoms with van der Waals surface area (Å²) in [5.74, 6) is 0.734. The highest BCUT2D eigenvalue weighted by atomic mass is 16.5. The first-order valence-electron chi connectivity index (χ1n) is 14.2. The fraction of sp³-hybridized carbons (Fsp3) is 0.424. The lowest BCUT2D eigenvalue weighted by Crippen LogP contribution is -2.74. The molecule has 1 N–H and O–H groups in total. The van der Waals surface area contributed by atoms with Gasteiger partial charge < -0.3 is 14.7 Å². The maximum Gasteiger partial charge on any atom is 0.254 e. The SMILES string of the molecule is O=C(c1ccccc1)N1C[C@H]2O[C@@]34CC[C@@H]1[C@@H]2[C@@]31CCN(CCc2ccccc2)[C@@H]4Cc2ccc(O)cc21. The molecule has 38 heavy (non-hydrogen) atoms. The van der Waals surface area contributed by atoms with E-state index in [4.69, 9.17) is 4.74 Å². The molecule has 5 nitrogen and oxygen atoms in total. The number of fused-ring (bicyclic) bond motifs is 1. The number of carbonyl (C=O) groups excluding carboxylic acids is 1. The summed E-state index contributed by atoms with van der Waals surface area (Å²) in [5.41, 5.74) is 4.37. The van der Waals surface area contributed by atoms with E-state index in [1.807, 2.05) is 42.5 Å². The molecule has 3 saturated heterocycles. The van der Waals surface area contributed by atoms with E-state index in [0.717, 1.165) is 50.8 Å². The number of amides is 1. The summed E-state index contributed by atoms with van der Waals surface area (Å²) in [6.07, 6.45) is 5.00. The molecule has 3 heterocycles. The topological polar surface area (TPSA) is 53.0 Å². The monoisotopic (exact) mass is 506 g/mol. The van der Waals surface area contributed by atoms with E-state index < -0.39 is 0 Å². The number of hydrogen-bond donors (Lipinski definition) is 1. The summed E-state index contributed by atoms with van der Waals surface area (Å²) in [6.45, 7) is 2.72. The summed E-state index contributed by atoms with van der Waals surface area (Å²) >= 11 is 0. The zero-order chi connectivity index (χ0) is 25.5. The maximum atomic E-state index is 13.7. The quantitative estimate of drug-likeness (QED) is 0.563. The Balaban J connectivity index is 1.19. The Morgan fingerprint density at radius 2 is 1.79 bits per heavy atom. The molecule has 3 aromatic carbocycles. The van der Waals surface area contributed by atoms with E-state index in [9.17, 15) is 9.90 Å². The summed E-state index contributed by atoms with van der Waals surface area (Å²) in [5, 5.41) is 10.6. The minimum atomic E-state index is -0.254. The van der Waals surface area contributed by atoms with E-state index in [-0.39, 0.29) is 35.0 Å². The molecule has 6 atom stereocenters. The second-order valence-electron chi connectivity index (χ2n) is 12.1. The first-order chi connectivity index (χ1) is 18.6. The van der Waals surface area contributed by atoms with Gasteiger partial charge >= 0.3 is 0 Å². The largest absolute Gasteiger partial charge is 0.508 e. The van der Waals surface area contributed by atoms with Gasteiger partial charge in [-0.05, 0) is 79.6 Å². The van der Waals surface area contributed by atoms with Gasteiger partial charge in [0, 0.05) is 42.1 Å². The number of ether oxygens (including phenoxy) is 1. The number of aromatic hydroxyl groups is 1. The Kier molecular flexibility index (Phi) is 4.90. The minimum Gasteiger partial charge on any atom is -0.508 e. The van der Waals surface area contributed by atoms with Gasteiger partial charge in [0.25, 0.3) is 5.91 Å². The summed E-state index contributed by atoms with van der Waals surface area (Å²) in [6, 6.07) is 27.0. The zero-order valence-electron chi connectivity index (χ0n) is 21.6. The van der Waals surface area contributed by atoms with Gasteiger partial charge in [-0.2, -0.15) is 0 Å². The fourth-order valence-corrected chi connectivity index (χ4v) is 9.34. The molecule has 0 radical (unpaired) electrons. The van der Waals surface area contributed by atoms with Crippen molar-refractivity contribution >= 4 is 5.91 Å². The third-order valence-electron chi connectivity index (χ3n) is 10.7. The first kappa shape index (κ1) is 22.8. The highest BCUT2D eigenvalue weighted by Gasteiger charge is 2.78. The number of likely N-dealkylation sites (tertiary alicyclic amines) is 2. The van der Waals surface area contributed by atoms with Crippen LogP contribution in [0.1, 0.15) is 46.3 Å². The second kappa shape index (κ2) is 8.17. The molecular formula is C33H34N2O3.